The Morgan fingerprint density at radius 3 is 2.77 bits per heavy atom. The predicted octanol–water partition coefficient (Wildman–Crippen LogP) is 0.596. The number of primary amides is 1. The molecule has 1 aromatic rings. The van der Waals surface area contributed by atoms with Crippen molar-refractivity contribution in [2.24, 2.45) is 5.73 Å². The largest absolute Gasteiger partial charge is 0.368 e. The zero-order valence-corrected chi connectivity index (χ0v) is 7.79. The van der Waals surface area contributed by atoms with Gasteiger partial charge in [-0.15, -0.1) is 0 Å². The second-order valence-electron chi connectivity index (χ2n) is 2.99. The number of pyridine rings is 1. The molecule has 0 unspecified atom stereocenters. The summed E-state index contributed by atoms with van der Waals surface area (Å²) >= 11 is 0. The number of amides is 1. The Bertz CT molecular complexity index is 302. The molecular formula is C9H13N3O. The molecule has 1 amide bonds. The summed E-state index contributed by atoms with van der Waals surface area (Å²) in [7, 11) is 0. The van der Waals surface area contributed by atoms with Crippen LogP contribution in [0.2, 0.25) is 0 Å². The number of rotatable bonds is 3. The van der Waals surface area contributed by atoms with E-state index in [2.05, 4.69) is 10.3 Å². The fourth-order valence-electron chi connectivity index (χ4n) is 1.11. The van der Waals surface area contributed by atoms with Gasteiger partial charge in [0, 0.05) is 5.69 Å². The highest BCUT2D eigenvalue weighted by Crippen LogP contribution is 2.07. The molecule has 1 aromatic heterocycles. The maximum Gasteiger partial charge on any atom is 0.236 e. The monoisotopic (exact) mass is 179 g/mol. The quantitative estimate of drug-likeness (QED) is 0.713. The number of carbonyl (C=O) groups excluding carboxylic acids is 1. The third-order valence-corrected chi connectivity index (χ3v) is 1.54. The molecule has 4 nitrogen and oxygen atoms in total. The summed E-state index contributed by atoms with van der Waals surface area (Å²) in [6.07, 6.45) is 0. The van der Waals surface area contributed by atoms with Gasteiger partial charge >= 0.3 is 0 Å². The third-order valence-electron chi connectivity index (χ3n) is 1.54. The van der Waals surface area contributed by atoms with E-state index in [0.29, 0.717) is 5.82 Å². The van der Waals surface area contributed by atoms with Crippen LogP contribution >= 0.6 is 0 Å². The average Bonchev–Trinajstić information content (AvgIpc) is 1.99. The Morgan fingerprint density at radius 2 is 2.23 bits per heavy atom. The number of aryl methyl sites for hydroxylation is 2. The van der Waals surface area contributed by atoms with Gasteiger partial charge in [-0.3, -0.25) is 4.79 Å². The van der Waals surface area contributed by atoms with Gasteiger partial charge < -0.3 is 11.1 Å². The average molecular weight is 179 g/mol. The molecule has 0 bridgehead atoms. The van der Waals surface area contributed by atoms with Gasteiger partial charge in [0.05, 0.1) is 6.54 Å². The highest BCUT2D eigenvalue weighted by atomic mass is 16.1. The number of nitrogens with one attached hydrogen (secondary N) is 1. The van der Waals surface area contributed by atoms with Gasteiger partial charge in [-0.2, -0.15) is 0 Å². The van der Waals surface area contributed by atoms with Crippen LogP contribution < -0.4 is 11.1 Å². The van der Waals surface area contributed by atoms with Crippen molar-refractivity contribution in [1.82, 2.24) is 4.98 Å². The van der Waals surface area contributed by atoms with Gasteiger partial charge in [0.2, 0.25) is 5.91 Å². The summed E-state index contributed by atoms with van der Waals surface area (Å²) < 4.78 is 0. The number of aromatic nitrogens is 1. The predicted molar refractivity (Wildman–Crippen MR) is 51.4 cm³/mol. The van der Waals surface area contributed by atoms with E-state index in [-0.39, 0.29) is 12.5 Å². The minimum atomic E-state index is -0.388. The SMILES string of the molecule is Cc1cc(C)nc(NCC(N)=O)c1. The standard InChI is InChI=1S/C9H13N3O/c1-6-3-7(2)12-9(4-6)11-5-8(10)13/h3-4H,5H2,1-2H3,(H2,10,13)(H,11,12). The van der Waals surface area contributed by atoms with Crippen LogP contribution in [-0.2, 0) is 4.79 Å². The topological polar surface area (TPSA) is 68.0 Å². The normalized spacial score (nSPS) is 9.69. The number of anilines is 1. The van der Waals surface area contributed by atoms with Crippen molar-refractivity contribution in [1.29, 1.82) is 0 Å². The molecule has 4 heteroatoms. The lowest BCUT2D eigenvalue weighted by Crippen LogP contribution is -2.22. The lowest BCUT2D eigenvalue weighted by molar-refractivity contribution is -0.116. The second-order valence-corrected chi connectivity index (χ2v) is 2.99. The van der Waals surface area contributed by atoms with Crippen LogP contribution in [0, 0.1) is 13.8 Å². The molecule has 0 spiro atoms. The van der Waals surface area contributed by atoms with Crippen LogP contribution in [0.1, 0.15) is 11.3 Å². The van der Waals surface area contributed by atoms with E-state index in [1.807, 2.05) is 26.0 Å². The molecular weight excluding hydrogens is 166 g/mol. The Balaban J connectivity index is 2.71. The fourth-order valence-corrected chi connectivity index (χ4v) is 1.11. The molecule has 0 fully saturated rings. The first-order valence-electron chi connectivity index (χ1n) is 4.05. The summed E-state index contributed by atoms with van der Waals surface area (Å²) in [6.45, 7) is 4.00. The minimum Gasteiger partial charge on any atom is -0.368 e. The highest BCUT2D eigenvalue weighted by Gasteiger charge is 1.98. The molecule has 0 aliphatic carbocycles. The first-order valence-corrected chi connectivity index (χ1v) is 4.05. The van der Waals surface area contributed by atoms with E-state index >= 15 is 0 Å². The van der Waals surface area contributed by atoms with Crippen LogP contribution in [0.5, 0.6) is 0 Å². The number of hydrogen-bond acceptors (Lipinski definition) is 3. The smallest absolute Gasteiger partial charge is 0.236 e. The van der Waals surface area contributed by atoms with E-state index in [9.17, 15) is 4.79 Å². The molecule has 3 N–H and O–H groups in total. The van der Waals surface area contributed by atoms with E-state index in [4.69, 9.17) is 5.73 Å². The van der Waals surface area contributed by atoms with E-state index in [1.54, 1.807) is 0 Å². The van der Waals surface area contributed by atoms with Crippen LogP contribution in [0.4, 0.5) is 5.82 Å². The van der Waals surface area contributed by atoms with Crippen LogP contribution in [0.3, 0.4) is 0 Å². The number of carbonyl (C=O) groups is 1. The number of nitrogens with two attached hydrogens (primary N) is 1. The van der Waals surface area contributed by atoms with Gasteiger partial charge in [-0.1, -0.05) is 0 Å². The van der Waals surface area contributed by atoms with E-state index < -0.39 is 0 Å². The second kappa shape index (κ2) is 3.89. The first kappa shape index (κ1) is 9.51. The lowest BCUT2D eigenvalue weighted by Gasteiger charge is -2.04. The van der Waals surface area contributed by atoms with Crippen molar-refractivity contribution in [2.75, 3.05) is 11.9 Å². The molecule has 0 radical (unpaired) electrons. The first-order chi connectivity index (χ1) is 6.08. The van der Waals surface area contributed by atoms with Gasteiger partial charge in [-0.25, -0.2) is 4.98 Å². The molecule has 13 heavy (non-hydrogen) atoms. The molecule has 70 valence electrons. The fraction of sp³-hybridized carbons (Fsp3) is 0.333. The summed E-state index contributed by atoms with van der Waals surface area (Å²) in [5.41, 5.74) is 7.02. The number of hydrogen-bond donors (Lipinski definition) is 2. The van der Waals surface area contributed by atoms with Crippen LogP contribution in [0.15, 0.2) is 12.1 Å². The summed E-state index contributed by atoms with van der Waals surface area (Å²) in [6, 6.07) is 3.84. The third kappa shape index (κ3) is 3.11. The molecule has 0 atom stereocenters. The Labute approximate surface area is 77.2 Å². The van der Waals surface area contributed by atoms with Crippen molar-refractivity contribution < 1.29 is 4.79 Å². The van der Waals surface area contributed by atoms with E-state index in [0.717, 1.165) is 11.3 Å². The minimum absolute atomic E-state index is 0.121. The van der Waals surface area contributed by atoms with Crippen molar-refractivity contribution in [3.05, 3.63) is 23.4 Å². The number of nitrogens with zero attached hydrogens (tertiary/aromatic N) is 1. The van der Waals surface area contributed by atoms with Crippen LogP contribution in [0.25, 0.3) is 0 Å². The molecule has 1 rings (SSSR count). The molecule has 1 heterocycles. The summed E-state index contributed by atoms with van der Waals surface area (Å²) in [4.78, 5) is 14.7. The molecule has 0 saturated heterocycles. The summed E-state index contributed by atoms with van der Waals surface area (Å²) in [5.74, 6) is 0.303. The molecule has 0 aliphatic rings. The zero-order chi connectivity index (χ0) is 9.84. The molecule has 0 aliphatic heterocycles. The van der Waals surface area contributed by atoms with Crippen LogP contribution in [-0.4, -0.2) is 17.4 Å². The van der Waals surface area contributed by atoms with Gasteiger partial charge in [0.25, 0.3) is 0 Å². The van der Waals surface area contributed by atoms with Gasteiger partial charge in [-0.05, 0) is 31.5 Å². The molecule has 0 aromatic carbocycles. The Hall–Kier alpha value is -1.58. The van der Waals surface area contributed by atoms with Crippen molar-refractivity contribution in [2.45, 2.75) is 13.8 Å². The summed E-state index contributed by atoms with van der Waals surface area (Å²) in [5, 5.41) is 2.84. The zero-order valence-electron chi connectivity index (χ0n) is 7.79. The van der Waals surface area contributed by atoms with Crippen molar-refractivity contribution >= 4 is 11.7 Å². The highest BCUT2D eigenvalue weighted by molar-refractivity contribution is 5.78. The van der Waals surface area contributed by atoms with Crippen molar-refractivity contribution in [3.8, 4) is 0 Å². The molecule has 0 saturated carbocycles. The lowest BCUT2D eigenvalue weighted by atomic mass is 10.2. The maximum atomic E-state index is 10.5. The van der Waals surface area contributed by atoms with Crippen molar-refractivity contribution in [3.63, 3.8) is 0 Å². The Kier molecular flexibility index (Phi) is 2.84. The Morgan fingerprint density at radius 1 is 1.54 bits per heavy atom. The van der Waals surface area contributed by atoms with Gasteiger partial charge in [0.1, 0.15) is 5.82 Å². The van der Waals surface area contributed by atoms with Gasteiger partial charge in [0.15, 0.2) is 0 Å². The van der Waals surface area contributed by atoms with E-state index in [1.165, 1.54) is 0 Å². The maximum absolute atomic E-state index is 10.5.